The highest BCUT2D eigenvalue weighted by Crippen LogP contribution is 2.48. The van der Waals surface area contributed by atoms with Gasteiger partial charge in [0.2, 0.25) is 0 Å². The Morgan fingerprint density at radius 3 is 1.78 bits per heavy atom. The number of hydrogen-bond donors (Lipinski definition) is 0. The van der Waals surface area contributed by atoms with Crippen molar-refractivity contribution in [1.29, 1.82) is 0 Å². The lowest BCUT2D eigenvalue weighted by Crippen LogP contribution is -2.04. The fraction of sp³-hybridized carbons (Fsp3) is 0. The molecule has 3 heterocycles. The van der Waals surface area contributed by atoms with Crippen LogP contribution in [0.1, 0.15) is 0 Å². The van der Waals surface area contributed by atoms with Gasteiger partial charge in [0.1, 0.15) is 5.69 Å². The Labute approximate surface area is 291 Å². The molecule has 3 nitrogen and oxygen atoms in total. The van der Waals surface area contributed by atoms with Crippen molar-refractivity contribution in [3.8, 4) is 28.2 Å². The molecular weight excluding hydrogens is 627 g/mol. The zero-order chi connectivity index (χ0) is 32.8. The van der Waals surface area contributed by atoms with E-state index in [4.69, 9.17) is 9.97 Å². The molecule has 0 bridgehead atoms. The summed E-state index contributed by atoms with van der Waals surface area (Å²) in [7, 11) is 0. The predicted molar refractivity (Wildman–Crippen MR) is 213 cm³/mol. The normalized spacial score (nSPS) is 12.0. The number of benzene rings is 8. The zero-order valence-corrected chi connectivity index (χ0v) is 27.7. The third-order valence-electron chi connectivity index (χ3n) is 10.2. The average Bonchev–Trinajstić information content (AvgIpc) is 3.75. The molecular formula is C46H27N3S. The van der Waals surface area contributed by atoms with Crippen molar-refractivity contribution in [2.45, 2.75) is 0 Å². The van der Waals surface area contributed by atoms with Gasteiger partial charge in [0, 0.05) is 47.5 Å². The Morgan fingerprint density at radius 2 is 0.960 bits per heavy atom. The van der Waals surface area contributed by atoms with Crippen LogP contribution in [-0.2, 0) is 0 Å². The lowest BCUT2D eigenvalue weighted by atomic mass is 9.95. The zero-order valence-electron chi connectivity index (χ0n) is 26.8. The predicted octanol–water partition coefficient (Wildman–Crippen LogP) is 12.7. The molecule has 0 aliphatic rings. The van der Waals surface area contributed by atoms with Gasteiger partial charge in [-0.05, 0) is 46.0 Å². The van der Waals surface area contributed by atoms with E-state index in [-0.39, 0.29) is 0 Å². The van der Waals surface area contributed by atoms with Gasteiger partial charge in [-0.15, -0.1) is 11.3 Å². The van der Waals surface area contributed by atoms with Crippen LogP contribution < -0.4 is 0 Å². The number of thiophene rings is 1. The van der Waals surface area contributed by atoms with Gasteiger partial charge in [0.15, 0.2) is 5.82 Å². The molecule has 0 aliphatic carbocycles. The maximum Gasteiger partial charge on any atom is 0.165 e. The van der Waals surface area contributed by atoms with E-state index < -0.39 is 0 Å². The Morgan fingerprint density at radius 1 is 0.380 bits per heavy atom. The van der Waals surface area contributed by atoms with E-state index in [1.165, 1.54) is 63.6 Å². The van der Waals surface area contributed by atoms with E-state index >= 15 is 0 Å². The van der Waals surface area contributed by atoms with E-state index in [9.17, 15) is 0 Å². The summed E-state index contributed by atoms with van der Waals surface area (Å²) in [6.45, 7) is 0. The third kappa shape index (κ3) is 3.85. The van der Waals surface area contributed by atoms with Crippen LogP contribution in [0.15, 0.2) is 164 Å². The topological polar surface area (TPSA) is 30.7 Å². The standard InChI is InChI=1S/C46H27N3S/c1-2-14-28(15-3-1)43-46(48-38-25-10-9-24-37(38)47-43)49-44-34(32-21-13-27-40-41(32)35-20-8-11-26-39(35)50-40)22-12-23-36(44)42-31-18-6-4-16-29(31)30-17-5-7-19-33(30)45(42)49/h1-27H. The first kappa shape index (κ1) is 27.6. The van der Waals surface area contributed by atoms with Crippen LogP contribution in [0, 0.1) is 0 Å². The molecule has 0 saturated heterocycles. The first-order valence-electron chi connectivity index (χ1n) is 16.9. The molecule has 0 unspecified atom stereocenters. The molecule has 50 heavy (non-hydrogen) atoms. The van der Waals surface area contributed by atoms with E-state index in [0.717, 1.165) is 39.1 Å². The van der Waals surface area contributed by atoms with Crippen molar-refractivity contribution in [2.24, 2.45) is 0 Å². The minimum Gasteiger partial charge on any atom is -0.291 e. The minimum absolute atomic E-state index is 0.824. The van der Waals surface area contributed by atoms with Crippen molar-refractivity contribution in [2.75, 3.05) is 0 Å². The lowest BCUT2D eigenvalue weighted by molar-refractivity contribution is 1.08. The van der Waals surface area contributed by atoms with Gasteiger partial charge in [-0.1, -0.05) is 140 Å². The van der Waals surface area contributed by atoms with Gasteiger partial charge < -0.3 is 0 Å². The van der Waals surface area contributed by atoms with Crippen molar-refractivity contribution in [3.63, 3.8) is 0 Å². The first-order chi connectivity index (χ1) is 24.8. The van der Waals surface area contributed by atoms with Crippen molar-refractivity contribution < 1.29 is 0 Å². The van der Waals surface area contributed by atoms with E-state index in [2.05, 4.69) is 156 Å². The number of para-hydroxylation sites is 3. The quantitative estimate of drug-likeness (QED) is 0.178. The Bertz CT molecular complexity index is 3150. The fourth-order valence-electron chi connectivity index (χ4n) is 8.09. The highest BCUT2D eigenvalue weighted by Gasteiger charge is 2.25. The van der Waals surface area contributed by atoms with Crippen LogP contribution in [0.2, 0.25) is 0 Å². The molecule has 0 saturated carbocycles. The van der Waals surface area contributed by atoms with Crippen LogP contribution in [-0.4, -0.2) is 14.5 Å². The number of nitrogens with zero attached hydrogens (tertiary/aromatic N) is 3. The smallest absolute Gasteiger partial charge is 0.165 e. The van der Waals surface area contributed by atoms with Gasteiger partial charge in [0.25, 0.3) is 0 Å². The average molecular weight is 654 g/mol. The third-order valence-corrected chi connectivity index (χ3v) is 11.3. The Balaban J connectivity index is 1.42. The van der Waals surface area contributed by atoms with Gasteiger partial charge in [0.05, 0.1) is 22.1 Å². The van der Waals surface area contributed by atoms with Gasteiger partial charge in [-0.3, -0.25) is 4.57 Å². The molecule has 0 atom stereocenters. The summed E-state index contributed by atoms with van der Waals surface area (Å²) in [6.07, 6.45) is 0. The van der Waals surface area contributed by atoms with Crippen LogP contribution in [0.3, 0.4) is 0 Å². The van der Waals surface area contributed by atoms with E-state index in [1.54, 1.807) is 0 Å². The lowest BCUT2D eigenvalue weighted by Gasteiger charge is -2.17. The van der Waals surface area contributed by atoms with Crippen molar-refractivity contribution in [1.82, 2.24) is 14.5 Å². The SMILES string of the molecule is c1ccc(-c2nc3ccccc3nc2-n2c3c(-c4cccc5sc6ccccc6c45)cccc3c3c4ccccc4c4ccccc4c32)cc1. The highest BCUT2D eigenvalue weighted by atomic mass is 32.1. The maximum atomic E-state index is 5.52. The van der Waals surface area contributed by atoms with E-state index in [0.29, 0.717) is 0 Å². The van der Waals surface area contributed by atoms with Gasteiger partial charge in [-0.2, -0.15) is 0 Å². The molecule has 11 rings (SSSR count). The number of aromatic nitrogens is 3. The second-order valence-corrected chi connectivity index (χ2v) is 14.0. The summed E-state index contributed by atoms with van der Waals surface area (Å²) in [4.78, 5) is 10.9. The maximum absolute atomic E-state index is 5.52. The van der Waals surface area contributed by atoms with E-state index in [1.807, 2.05) is 23.5 Å². The molecule has 0 radical (unpaired) electrons. The molecule has 4 heteroatoms. The summed E-state index contributed by atoms with van der Waals surface area (Å²) in [5.74, 6) is 0.824. The molecule has 11 aromatic rings. The molecule has 8 aromatic carbocycles. The van der Waals surface area contributed by atoms with Crippen LogP contribution in [0.25, 0.3) is 103 Å². The minimum atomic E-state index is 0.824. The summed E-state index contributed by atoms with van der Waals surface area (Å²) >= 11 is 1.86. The van der Waals surface area contributed by atoms with Crippen LogP contribution in [0.5, 0.6) is 0 Å². The Kier molecular flexibility index (Phi) is 5.83. The molecule has 0 spiro atoms. The first-order valence-corrected chi connectivity index (χ1v) is 17.7. The second kappa shape index (κ2) is 10.6. The monoisotopic (exact) mass is 653 g/mol. The molecule has 0 aliphatic heterocycles. The summed E-state index contributed by atoms with van der Waals surface area (Å²) in [6, 6.07) is 58.7. The molecule has 232 valence electrons. The Hall–Kier alpha value is -6.36. The number of rotatable bonds is 3. The second-order valence-electron chi connectivity index (χ2n) is 12.9. The molecule has 0 amide bonds. The van der Waals surface area contributed by atoms with Gasteiger partial charge in [-0.25, -0.2) is 9.97 Å². The summed E-state index contributed by atoms with van der Waals surface area (Å²) < 4.78 is 5.02. The summed E-state index contributed by atoms with van der Waals surface area (Å²) in [5.41, 5.74) is 8.30. The number of hydrogen-bond acceptors (Lipinski definition) is 3. The largest absolute Gasteiger partial charge is 0.291 e. The van der Waals surface area contributed by atoms with Crippen molar-refractivity contribution in [3.05, 3.63) is 164 Å². The van der Waals surface area contributed by atoms with Crippen LogP contribution in [0.4, 0.5) is 0 Å². The molecule has 3 aromatic heterocycles. The highest BCUT2D eigenvalue weighted by molar-refractivity contribution is 7.25. The van der Waals surface area contributed by atoms with Crippen LogP contribution >= 0.6 is 11.3 Å². The number of fused-ring (bicyclic) bond motifs is 12. The fourth-order valence-corrected chi connectivity index (χ4v) is 9.22. The van der Waals surface area contributed by atoms with Gasteiger partial charge >= 0.3 is 0 Å². The molecule has 0 N–H and O–H groups in total. The van der Waals surface area contributed by atoms with Crippen molar-refractivity contribution >= 4 is 85.9 Å². The summed E-state index contributed by atoms with van der Waals surface area (Å²) in [5, 5.41) is 9.90. The molecule has 0 fully saturated rings.